The third-order valence-electron chi connectivity index (χ3n) is 5.41. The number of rotatable bonds is 5. The van der Waals surface area contributed by atoms with Gasteiger partial charge in [-0.2, -0.15) is 0 Å². The minimum atomic E-state index is -0.373. The van der Waals surface area contributed by atoms with E-state index in [4.69, 9.17) is 4.74 Å². The lowest BCUT2D eigenvalue weighted by Crippen LogP contribution is -2.39. The zero-order valence-corrected chi connectivity index (χ0v) is 19.2. The number of allylic oxidation sites excluding steroid dienone is 3. The number of carbonyl (C=O) groups is 2. The Kier molecular flexibility index (Phi) is 6.32. The first-order chi connectivity index (χ1) is 13.2. The molecule has 0 aromatic heterocycles. The van der Waals surface area contributed by atoms with Crippen LogP contribution in [-0.4, -0.2) is 18.4 Å². The highest BCUT2D eigenvalue weighted by molar-refractivity contribution is 14.1. The Morgan fingerprint density at radius 1 is 1.29 bits per heavy atom. The first-order valence-corrected chi connectivity index (χ1v) is 11.0. The minimum Gasteiger partial charge on any atom is -0.462 e. The molecule has 0 radical (unpaired) electrons. The van der Waals surface area contributed by atoms with Crippen molar-refractivity contribution in [3.05, 3.63) is 55.9 Å². The van der Waals surface area contributed by atoms with Gasteiger partial charge in [-0.3, -0.25) is 4.79 Å². The number of hydrogen-bond acceptors (Lipinski definition) is 4. The number of ether oxygens (including phenoxy) is 1. The normalized spacial score (nSPS) is 21.3. The second-order valence-electron chi connectivity index (χ2n) is 8.44. The molecule has 0 spiro atoms. The fourth-order valence-electron chi connectivity index (χ4n) is 4.11. The lowest BCUT2D eigenvalue weighted by Gasteiger charge is -2.39. The van der Waals surface area contributed by atoms with Crippen LogP contribution in [0.1, 0.15) is 64.9 Å². The summed E-state index contributed by atoms with van der Waals surface area (Å²) in [5.41, 5.74) is 3.94. The summed E-state index contributed by atoms with van der Waals surface area (Å²) in [4.78, 5) is 26.2. The lowest BCUT2D eigenvalue weighted by atomic mass is 9.68. The highest BCUT2D eigenvalue weighted by Gasteiger charge is 2.43. The Morgan fingerprint density at radius 3 is 2.68 bits per heavy atom. The zero-order chi connectivity index (χ0) is 20.5. The number of ketones is 1. The summed E-state index contributed by atoms with van der Waals surface area (Å²) in [6.45, 7) is 8.61. The number of unbranched alkanes of at least 4 members (excludes halogenated alkanes) is 1. The van der Waals surface area contributed by atoms with E-state index in [1.165, 1.54) is 0 Å². The second kappa shape index (κ2) is 8.39. The third-order valence-corrected chi connectivity index (χ3v) is 6.39. The molecule has 1 aliphatic heterocycles. The van der Waals surface area contributed by atoms with Crippen molar-refractivity contribution in [1.82, 2.24) is 5.32 Å². The lowest BCUT2D eigenvalue weighted by molar-refractivity contribution is -0.139. The molecule has 150 valence electrons. The van der Waals surface area contributed by atoms with Crippen molar-refractivity contribution in [2.75, 3.05) is 6.61 Å². The molecule has 5 heteroatoms. The Labute approximate surface area is 180 Å². The van der Waals surface area contributed by atoms with Gasteiger partial charge in [0.05, 0.1) is 12.2 Å². The van der Waals surface area contributed by atoms with Gasteiger partial charge >= 0.3 is 5.97 Å². The van der Waals surface area contributed by atoms with Gasteiger partial charge in [-0.05, 0) is 59.4 Å². The number of Topliss-reactive ketones (excluding diaryl/α,β-unsaturated/α-hetero) is 1. The van der Waals surface area contributed by atoms with Gasteiger partial charge in [-0.15, -0.1) is 0 Å². The Morgan fingerprint density at radius 2 is 2.00 bits per heavy atom. The summed E-state index contributed by atoms with van der Waals surface area (Å²) in [7, 11) is 0. The molecule has 1 atom stereocenters. The smallest absolute Gasteiger partial charge is 0.336 e. The highest BCUT2D eigenvalue weighted by Crippen LogP contribution is 2.47. The van der Waals surface area contributed by atoms with Crippen molar-refractivity contribution in [2.24, 2.45) is 5.41 Å². The summed E-state index contributed by atoms with van der Waals surface area (Å²) in [5, 5.41) is 3.38. The van der Waals surface area contributed by atoms with Crippen LogP contribution in [0.25, 0.3) is 0 Å². The van der Waals surface area contributed by atoms with Crippen LogP contribution in [0.3, 0.4) is 0 Å². The van der Waals surface area contributed by atoms with Crippen LogP contribution in [0.15, 0.2) is 46.8 Å². The molecule has 1 heterocycles. The average molecular weight is 493 g/mol. The summed E-state index contributed by atoms with van der Waals surface area (Å²) in [6, 6.07) is 7.97. The van der Waals surface area contributed by atoms with E-state index in [9.17, 15) is 9.59 Å². The molecule has 0 fully saturated rings. The molecule has 28 heavy (non-hydrogen) atoms. The maximum absolute atomic E-state index is 13.2. The highest BCUT2D eigenvalue weighted by atomic mass is 127. The third kappa shape index (κ3) is 4.19. The van der Waals surface area contributed by atoms with Crippen molar-refractivity contribution in [1.29, 1.82) is 0 Å². The predicted molar refractivity (Wildman–Crippen MR) is 119 cm³/mol. The van der Waals surface area contributed by atoms with Crippen LogP contribution in [0.5, 0.6) is 0 Å². The van der Waals surface area contributed by atoms with E-state index in [1.54, 1.807) is 0 Å². The van der Waals surface area contributed by atoms with Crippen molar-refractivity contribution in [3.63, 3.8) is 0 Å². The fourth-order valence-corrected chi connectivity index (χ4v) is 4.81. The average Bonchev–Trinajstić information content (AvgIpc) is 2.60. The maximum atomic E-state index is 13.2. The molecule has 1 N–H and O–H groups in total. The molecular weight excluding hydrogens is 465 g/mol. The Bertz CT molecular complexity index is 866. The van der Waals surface area contributed by atoms with Crippen molar-refractivity contribution in [2.45, 2.75) is 59.3 Å². The molecule has 3 rings (SSSR count). The van der Waals surface area contributed by atoms with Gasteiger partial charge in [0.1, 0.15) is 0 Å². The van der Waals surface area contributed by atoms with Gasteiger partial charge in [-0.25, -0.2) is 4.79 Å². The molecule has 0 saturated heterocycles. The molecule has 2 aliphatic rings. The van der Waals surface area contributed by atoms with Crippen LogP contribution < -0.4 is 5.32 Å². The number of esters is 1. The Hall–Kier alpha value is -1.63. The van der Waals surface area contributed by atoms with Gasteiger partial charge in [-0.1, -0.05) is 45.4 Å². The largest absolute Gasteiger partial charge is 0.462 e. The fraction of sp³-hybridized carbons (Fsp3) is 0.478. The van der Waals surface area contributed by atoms with Gasteiger partial charge < -0.3 is 10.1 Å². The minimum absolute atomic E-state index is 0.0866. The van der Waals surface area contributed by atoms with Gasteiger partial charge in [0.15, 0.2) is 5.78 Å². The van der Waals surface area contributed by atoms with Gasteiger partial charge in [0.25, 0.3) is 0 Å². The number of halogens is 1. The molecule has 4 nitrogen and oxygen atoms in total. The summed E-state index contributed by atoms with van der Waals surface area (Å²) in [5.74, 6) is -0.580. The number of carbonyl (C=O) groups excluding carboxylic acids is 2. The van der Waals surface area contributed by atoms with E-state index >= 15 is 0 Å². The maximum Gasteiger partial charge on any atom is 0.336 e. The monoisotopic (exact) mass is 493 g/mol. The summed E-state index contributed by atoms with van der Waals surface area (Å²) < 4.78 is 6.61. The van der Waals surface area contributed by atoms with E-state index in [0.717, 1.165) is 45.4 Å². The van der Waals surface area contributed by atoms with Crippen molar-refractivity contribution >= 4 is 34.3 Å². The van der Waals surface area contributed by atoms with E-state index in [-0.39, 0.29) is 23.1 Å². The molecule has 0 bridgehead atoms. The number of hydrogen-bond donors (Lipinski definition) is 1. The second-order valence-corrected chi connectivity index (χ2v) is 9.60. The molecule has 0 unspecified atom stereocenters. The predicted octanol–water partition coefficient (Wildman–Crippen LogP) is 5.24. The first-order valence-electron chi connectivity index (χ1n) is 9.90. The summed E-state index contributed by atoms with van der Waals surface area (Å²) in [6.07, 6.45) is 3.08. The van der Waals surface area contributed by atoms with Crippen LogP contribution >= 0.6 is 22.6 Å². The quantitative estimate of drug-likeness (QED) is 0.347. The van der Waals surface area contributed by atoms with Crippen LogP contribution in [-0.2, 0) is 14.3 Å². The van der Waals surface area contributed by atoms with E-state index in [2.05, 4.69) is 48.7 Å². The molecule has 1 aliphatic carbocycles. The van der Waals surface area contributed by atoms with E-state index < -0.39 is 0 Å². The van der Waals surface area contributed by atoms with Crippen LogP contribution in [0.4, 0.5) is 0 Å². The molecular formula is C23H28INO3. The number of benzene rings is 1. The topological polar surface area (TPSA) is 55.4 Å². The van der Waals surface area contributed by atoms with Gasteiger partial charge in [0.2, 0.25) is 0 Å². The summed E-state index contributed by atoms with van der Waals surface area (Å²) >= 11 is 2.29. The van der Waals surface area contributed by atoms with Crippen LogP contribution in [0.2, 0.25) is 0 Å². The van der Waals surface area contributed by atoms with E-state index in [1.807, 2.05) is 31.2 Å². The number of dihydropyridines is 1. The number of nitrogens with one attached hydrogen (secondary N) is 1. The molecule has 1 aromatic carbocycles. The molecule has 0 amide bonds. The first kappa shape index (κ1) is 21.1. The van der Waals surface area contributed by atoms with Crippen molar-refractivity contribution < 1.29 is 14.3 Å². The zero-order valence-electron chi connectivity index (χ0n) is 17.0. The van der Waals surface area contributed by atoms with Gasteiger partial charge in [0, 0.05) is 32.9 Å². The van der Waals surface area contributed by atoms with Crippen molar-refractivity contribution in [3.8, 4) is 0 Å². The molecule has 1 aromatic rings. The van der Waals surface area contributed by atoms with Crippen LogP contribution in [0, 0.1) is 8.99 Å². The SMILES string of the molecule is CCCCOC(=O)C1=C(C)NC2=C(C(=O)CC(C)(C)C2)[C@@H]1c1ccccc1I. The standard InChI is InChI=1S/C23H28INO3/c1-5-6-11-28-22(27)19-14(2)25-17-12-23(3,4)13-18(26)21(17)20(19)15-9-7-8-10-16(15)24/h7-10,20,25H,5-6,11-13H2,1-4H3/t20-/m1/s1. The molecule has 0 saturated carbocycles. The van der Waals surface area contributed by atoms with E-state index in [0.29, 0.717) is 18.6 Å². The Balaban J connectivity index is 2.11.